The average molecular weight is 603 g/mol. The molecule has 0 aliphatic heterocycles. The normalized spacial score (nSPS) is 11.4. The van der Waals surface area contributed by atoms with Crippen LogP contribution in [0.25, 0.3) is 89.4 Å². The monoisotopic (exact) mass is 602 g/mol. The molecule has 2 heterocycles. The predicted octanol–water partition coefficient (Wildman–Crippen LogP) is 10.7. The molecule has 220 valence electrons. The fourth-order valence-electron chi connectivity index (χ4n) is 6.12. The Hall–Kier alpha value is -6.46. The molecule has 0 aliphatic carbocycles. The molecule has 0 atom stereocenters. The molecule has 0 unspecified atom stereocenters. The van der Waals surface area contributed by atoms with E-state index >= 15 is 0 Å². The Morgan fingerprint density at radius 2 is 0.894 bits per heavy atom. The molecule has 0 radical (unpaired) electrons. The van der Waals surface area contributed by atoms with Crippen LogP contribution < -0.4 is 0 Å². The van der Waals surface area contributed by atoms with E-state index in [1.165, 1.54) is 5.39 Å². The third kappa shape index (κ3) is 5.00. The molecule has 0 saturated carbocycles. The number of nitrogens with zero attached hydrogens (tertiary/aromatic N) is 4. The van der Waals surface area contributed by atoms with Crippen molar-refractivity contribution in [2.45, 2.75) is 0 Å². The molecule has 0 spiro atoms. The SMILES string of the molecule is c1ccc(-c2nc(-c3cccc(-c4ccc5c(ccc6oc(-c7ccccc7)nc65)c4)c3)nc(-c3ccc4ccccc4c3)n2)cc1. The maximum absolute atomic E-state index is 6.12. The Kier molecular flexibility index (Phi) is 6.39. The third-order valence-corrected chi connectivity index (χ3v) is 8.52. The number of benzene rings is 7. The highest BCUT2D eigenvalue weighted by molar-refractivity contribution is 6.05. The highest BCUT2D eigenvalue weighted by atomic mass is 16.3. The lowest BCUT2D eigenvalue weighted by Crippen LogP contribution is -2.00. The van der Waals surface area contributed by atoms with Crippen LogP contribution in [-0.4, -0.2) is 19.9 Å². The molecular weight excluding hydrogens is 576 g/mol. The summed E-state index contributed by atoms with van der Waals surface area (Å²) < 4.78 is 6.12. The van der Waals surface area contributed by atoms with Gasteiger partial charge in [0.2, 0.25) is 5.89 Å². The Morgan fingerprint density at radius 1 is 0.340 bits per heavy atom. The van der Waals surface area contributed by atoms with Crippen LogP contribution >= 0.6 is 0 Å². The van der Waals surface area contributed by atoms with E-state index in [4.69, 9.17) is 24.4 Å². The summed E-state index contributed by atoms with van der Waals surface area (Å²) in [7, 11) is 0. The van der Waals surface area contributed by atoms with Crippen LogP contribution in [0.15, 0.2) is 162 Å². The molecule has 9 aromatic rings. The first-order valence-corrected chi connectivity index (χ1v) is 15.6. The summed E-state index contributed by atoms with van der Waals surface area (Å²) in [5.41, 5.74) is 7.58. The average Bonchev–Trinajstić information content (AvgIpc) is 3.60. The van der Waals surface area contributed by atoms with Crippen molar-refractivity contribution in [3.63, 3.8) is 0 Å². The lowest BCUT2D eigenvalue weighted by Gasteiger charge is -2.10. The Bertz CT molecular complexity index is 2580. The summed E-state index contributed by atoms with van der Waals surface area (Å²) >= 11 is 0. The van der Waals surface area contributed by atoms with Gasteiger partial charge in [-0.15, -0.1) is 0 Å². The van der Waals surface area contributed by atoms with E-state index in [9.17, 15) is 0 Å². The number of oxazole rings is 1. The van der Waals surface area contributed by atoms with Crippen molar-refractivity contribution in [2.24, 2.45) is 0 Å². The van der Waals surface area contributed by atoms with Crippen LogP contribution in [-0.2, 0) is 0 Å². The minimum atomic E-state index is 0.625. The van der Waals surface area contributed by atoms with Crippen LogP contribution in [0, 0.1) is 0 Å². The molecule has 9 rings (SSSR count). The first kappa shape index (κ1) is 26.9. The smallest absolute Gasteiger partial charge is 0.227 e. The van der Waals surface area contributed by atoms with Gasteiger partial charge in [-0.05, 0) is 63.7 Å². The van der Waals surface area contributed by atoms with Gasteiger partial charge in [0, 0.05) is 27.6 Å². The topological polar surface area (TPSA) is 64.7 Å². The highest BCUT2D eigenvalue weighted by Crippen LogP contribution is 2.34. The lowest BCUT2D eigenvalue weighted by molar-refractivity contribution is 0.620. The van der Waals surface area contributed by atoms with Gasteiger partial charge in [-0.25, -0.2) is 19.9 Å². The molecule has 2 aromatic heterocycles. The van der Waals surface area contributed by atoms with Gasteiger partial charge in [-0.3, -0.25) is 0 Å². The lowest BCUT2D eigenvalue weighted by atomic mass is 9.99. The zero-order valence-corrected chi connectivity index (χ0v) is 25.2. The minimum Gasteiger partial charge on any atom is -0.436 e. The van der Waals surface area contributed by atoms with Crippen LogP contribution in [0.3, 0.4) is 0 Å². The van der Waals surface area contributed by atoms with Gasteiger partial charge in [0.25, 0.3) is 0 Å². The molecule has 47 heavy (non-hydrogen) atoms. The van der Waals surface area contributed by atoms with E-state index in [1.807, 2.05) is 66.7 Å². The Balaban J connectivity index is 1.13. The second kappa shape index (κ2) is 11.2. The molecule has 7 aromatic carbocycles. The van der Waals surface area contributed by atoms with Gasteiger partial charge < -0.3 is 4.42 Å². The van der Waals surface area contributed by atoms with Crippen molar-refractivity contribution in [1.82, 2.24) is 19.9 Å². The second-order valence-corrected chi connectivity index (χ2v) is 11.5. The van der Waals surface area contributed by atoms with Crippen molar-refractivity contribution in [2.75, 3.05) is 0 Å². The number of hydrogen-bond donors (Lipinski definition) is 0. The largest absolute Gasteiger partial charge is 0.436 e. The molecule has 0 aliphatic rings. The Labute approximate surface area is 270 Å². The van der Waals surface area contributed by atoms with E-state index in [-0.39, 0.29) is 0 Å². The van der Waals surface area contributed by atoms with Gasteiger partial charge >= 0.3 is 0 Å². The van der Waals surface area contributed by atoms with Crippen molar-refractivity contribution in [3.8, 4) is 56.7 Å². The Morgan fingerprint density at radius 3 is 1.68 bits per heavy atom. The van der Waals surface area contributed by atoms with Gasteiger partial charge in [0.15, 0.2) is 23.1 Å². The van der Waals surface area contributed by atoms with Gasteiger partial charge in [0.05, 0.1) is 0 Å². The second-order valence-electron chi connectivity index (χ2n) is 11.5. The first-order chi connectivity index (χ1) is 23.2. The molecule has 0 saturated heterocycles. The standard InChI is InChI=1S/C42H26N4O/c1-3-11-28(12-4-1)39-44-40(46-41(45-39)35-19-18-27-10-7-8-15-30(27)25-35)34-17-9-16-31(26-34)32-20-22-36-33(24-32)21-23-37-38(36)43-42(47-37)29-13-5-2-6-14-29/h1-26H. The van der Waals surface area contributed by atoms with Crippen molar-refractivity contribution < 1.29 is 4.42 Å². The third-order valence-electron chi connectivity index (χ3n) is 8.52. The summed E-state index contributed by atoms with van der Waals surface area (Å²) in [6.45, 7) is 0. The van der Waals surface area contributed by atoms with E-state index in [0.717, 1.165) is 60.6 Å². The van der Waals surface area contributed by atoms with Crippen LogP contribution in [0.1, 0.15) is 0 Å². The zero-order chi connectivity index (χ0) is 31.2. The molecule has 5 heteroatoms. The minimum absolute atomic E-state index is 0.625. The fourth-order valence-corrected chi connectivity index (χ4v) is 6.12. The summed E-state index contributed by atoms with van der Waals surface area (Å²) in [5.74, 6) is 2.53. The van der Waals surface area contributed by atoms with E-state index in [0.29, 0.717) is 23.4 Å². The highest BCUT2D eigenvalue weighted by Gasteiger charge is 2.15. The zero-order valence-electron chi connectivity index (χ0n) is 25.2. The van der Waals surface area contributed by atoms with Crippen molar-refractivity contribution in [1.29, 1.82) is 0 Å². The van der Waals surface area contributed by atoms with E-state index < -0.39 is 0 Å². The molecular formula is C42H26N4O. The summed E-state index contributed by atoms with van der Waals surface area (Å²) in [5, 5.41) is 4.47. The van der Waals surface area contributed by atoms with Gasteiger partial charge in [-0.1, -0.05) is 121 Å². The fraction of sp³-hybridized carbons (Fsp3) is 0. The van der Waals surface area contributed by atoms with E-state index in [1.54, 1.807) is 0 Å². The summed E-state index contributed by atoms with van der Waals surface area (Å²) in [6.07, 6.45) is 0. The number of fused-ring (bicyclic) bond motifs is 4. The number of hydrogen-bond acceptors (Lipinski definition) is 5. The molecule has 5 nitrogen and oxygen atoms in total. The number of rotatable bonds is 5. The number of aromatic nitrogens is 4. The van der Waals surface area contributed by atoms with Crippen LogP contribution in [0.4, 0.5) is 0 Å². The first-order valence-electron chi connectivity index (χ1n) is 15.6. The maximum atomic E-state index is 6.12. The van der Waals surface area contributed by atoms with Crippen LogP contribution in [0.2, 0.25) is 0 Å². The van der Waals surface area contributed by atoms with Crippen LogP contribution in [0.5, 0.6) is 0 Å². The molecule has 0 bridgehead atoms. The van der Waals surface area contributed by atoms with Gasteiger partial charge in [-0.2, -0.15) is 0 Å². The molecule has 0 amide bonds. The molecule has 0 N–H and O–H groups in total. The van der Waals surface area contributed by atoms with Gasteiger partial charge in [0.1, 0.15) is 5.52 Å². The summed E-state index contributed by atoms with van der Waals surface area (Å²) in [4.78, 5) is 19.8. The quantitative estimate of drug-likeness (QED) is 0.196. The van der Waals surface area contributed by atoms with Crippen molar-refractivity contribution in [3.05, 3.63) is 158 Å². The van der Waals surface area contributed by atoms with Crippen molar-refractivity contribution >= 4 is 32.6 Å². The molecule has 0 fully saturated rings. The predicted molar refractivity (Wildman–Crippen MR) is 190 cm³/mol. The maximum Gasteiger partial charge on any atom is 0.227 e. The summed E-state index contributed by atoms with van der Waals surface area (Å²) in [6, 6.07) is 53.7. The van der Waals surface area contributed by atoms with E-state index in [2.05, 4.69) is 91.0 Å².